The van der Waals surface area contributed by atoms with Crippen molar-refractivity contribution in [2.45, 2.75) is 18.4 Å². The number of ether oxygens (including phenoxy) is 1. The summed E-state index contributed by atoms with van der Waals surface area (Å²) in [5.74, 6) is -0.271. The number of nitrogens with one attached hydrogen (secondary N) is 1. The number of H-pyrrole nitrogens is 1. The summed E-state index contributed by atoms with van der Waals surface area (Å²) in [7, 11) is 0. The zero-order valence-electron chi connectivity index (χ0n) is 20.5. The van der Waals surface area contributed by atoms with E-state index in [1.54, 1.807) is 33.2 Å². The van der Waals surface area contributed by atoms with Gasteiger partial charge in [-0.15, -0.1) is 0 Å². The number of pyridine rings is 1. The van der Waals surface area contributed by atoms with Crippen LogP contribution in [0.4, 0.5) is 5.69 Å². The zero-order valence-corrected chi connectivity index (χ0v) is 20.5. The number of nitrogens with zero attached hydrogens (tertiary/aromatic N) is 6. The van der Waals surface area contributed by atoms with Gasteiger partial charge in [0.1, 0.15) is 17.8 Å². The Morgan fingerprint density at radius 3 is 2.51 bits per heavy atom. The lowest BCUT2D eigenvalue weighted by Crippen LogP contribution is -2.57. The Balaban J connectivity index is 1.21. The number of para-hydroxylation sites is 1. The highest BCUT2D eigenvalue weighted by molar-refractivity contribution is 5.98. The normalized spacial score (nSPS) is 19.7. The molecule has 3 fully saturated rings. The number of likely N-dealkylation sites (tertiary alicyclic amines) is 1. The molecule has 11 nitrogen and oxygen atoms in total. The van der Waals surface area contributed by atoms with Gasteiger partial charge in [-0.2, -0.15) is 5.10 Å². The van der Waals surface area contributed by atoms with Crippen molar-refractivity contribution in [2.24, 2.45) is 0 Å². The number of carbonyl (C=O) groups is 3. The Morgan fingerprint density at radius 2 is 1.76 bits per heavy atom. The maximum atomic E-state index is 13.9. The Morgan fingerprint density at radius 1 is 1.00 bits per heavy atom. The van der Waals surface area contributed by atoms with Gasteiger partial charge in [-0.25, -0.2) is 4.98 Å². The smallest absolute Gasteiger partial charge is 0.272 e. The SMILES string of the molecule is O=C(CN1CN(c2ccccc2)C2(CCN(C(=O)c3cc4cn[nH]c4cn3)CC2)C1=O)N1CCOCC1. The van der Waals surface area contributed by atoms with Crippen molar-refractivity contribution in [3.05, 3.63) is 54.5 Å². The predicted octanol–water partition coefficient (Wildman–Crippen LogP) is 1.10. The van der Waals surface area contributed by atoms with Crippen molar-refractivity contribution in [1.29, 1.82) is 0 Å². The number of aromatic amines is 1. The van der Waals surface area contributed by atoms with Crippen LogP contribution in [-0.4, -0.2) is 106 Å². The van der Waals surface area contributed by atoms with Crippen molar-refractivity contribution in [3.8, 4) is 0 Å². The molecule has 0 unspecified atom stereocenters. The van der Waals surface area contributed by atoms with E-state index < -0.39 is 5.54 Å². The number of carbonyl (C=O) groups excluding carboxylic acids is 3. The predicted molar refractivity (Wildman–Crippen MR) is 135 cm³/mol. The zero-order chi connectivity index (χ0) is 25.4. The Hall–Kier alpha value is -3.99. The van der Waals surface area contributed by atoms with Gasteiger partial charge in [-0.3, -0.25) is 19.5 Å². The number of aromatic nitrogens is 3. The summed E-state index contributed by atoms with van der Waals surface area (Å²) in [5.41, 5.74) is 1.27. The first-order chi connectivity index (χ1) is 18.0. The molecular formula is C26H29N7O4. The molecule has 1 spiro atoms. The molecule has 37 heavy (non-hydrogen) atoms. The minimum Gasteiger partial charge on any atom is -0.378 e. The number of amides is 3. The van der Waals surface area contributed by atoms with Crippen molar-refractivity contribution < 1.29 is 19.1 Å². The molecular weight excluding hydrogens is 474 g/mol. The van der Waals surface area contributed by atoms with Gasteiger partial charge in [0, 0.05) is 37.3 Å². The summed E-state index contributed by atoms with van der Waals surface area (Å²) >= 11 is 0. The van der Waals surface area contributed by atoms with Crippen LogP contribution in [0, 0.1) is 0 Å². The molecule has 3 aliphatic rings. The lowest BCUT2D eigenvalue weighted by Gasteiger charge is -2.43. The summed E-state index contributed by atoms with van der Waals surface area (Å²) < 4.78 is 5.36. The van der Waals surface area contributed by atoms with Gasteiger partial charge in [0.25, 0.3) is 11.8 Å². The van der Waals surface area contributed by atoms with Crippen molar-refractivity contribution in [2.75, 3.05) is 57.5 Å². The van der Waals surface area contributed by atoms with Gasteiger partial charge in [0.2, 0.25) is 5.91 Å². The molecule has 1 N–H and O–H groups in total. The topological polar surface area (TPSA) is 115 Å². The van der Waals surface area contributed by atoms with E-state index in [9.17, 15) is 14.4 Å². The van der Waals surface area contributed by atoms with Gasteiger partial charge in [0.15, 0.2) is 0 Å². The first kappa shape index (κ1) is 23.4. The fraction of sp³-hybridized carbons (Fsp3) is 0.423. The van der Waals surface area contributed by atoms with Crippen LogP contribution in [0.5, 0.6) is 0 Å². The summed E-state index contributed by atoms with van der Waals surface area (Å²) in [6.07, 6.45) is 4.23. The molecule has 1 aromatic carbocycles. The van der Waals surface area contributed by atoms with E-state index in [0.29, 0.717) is 64.6 Å². The minimum absolute atomic E-state index is 0.0429. The maximum Gasteiger partial charge on any atom is 0.272 e. The van der Waals surface area contributed by atoms with E-state index >= 15 is 0 Å². The first-order valence-corrected chi connectivity index (χ1v) is 12.6. The number of piperidine rings is 1. The molecule has 0 radical (unpaired) electrons. The molecule has 6 rings (SSSR count). The van der Waals surface area contributed by atoms with Crippen LogP contribution in [0.3, 0.4) is 0 Å². The largest absolute Gasteiger partial charge is 0.378 e. The molecule has 3 saturated heterocycles. The summed E-state index contributed by atoms with van der Waals surface area (Å²) in [4.78, 5) is 51.7. The third-order valence-electron chi connectivity index (χ3n) is 7.69. The van der Waals surface area contributed by atoms with Crippen LogP contribution in [0.1, 0.15) is 23.3 Å². The quantitative estimate of drug-likeness (QED) is 0.567. The highest BCUT2D eigenvalue weighted by Gasteiger charge is 2.54. The fourth-order valence-electron chi connectivity index (χ4n) is 5.60. The number of benzene rings is 1. The first-order valence-electron chi connectivity index (χ1n) is 12.6. The summed E-state index contributed by atoms with van der Waals surface area (Å²) in [6, 6.07) is 11.6. The van der Waals surface area contributed by atoms with E-state index in [4.69, 9.17) is 4.74 Å². The fourth-order valence-corrected chi connectivity index (χ4v) is 5.60. The number of hydrogen-bond acceptors (Lipinski definition) is 7. The lowest BCUT2D eigenvalue weighted by molar-refractivity contribution is -0.143. The van der Waals surface area contributed by atoms with Crippen molar-refractivity contribution in [3.63, 3.8) is 0 Å². The van der Waals surface area contributed by atoms with Crippen LogP contribution in [-0.2, 0) is 14.3 Å². The monoisotopic (exact) mass is 503 g/mol. The minimum atomic E-state index is -0.800. The average molecular weight is 504 g/mol. The van der Waals surface area contributed by atoms with E-state index in [-0.39, 0.29) is 24.3 Å². The molecule has 0 aliphatic carbocycles. The molecule has 0 bridgehead atoms. The maximum absolute atomic E-state index is 13.9. The van der Waals surface area contributed by atoms with Crippen LogP contribution < -0.4 is 4.90 Å². The number of rotatable bonds is 4. The molecule has 3 aromatic rings. The Kier molecular flexibility index (Phi) is 5.99. The Bertz CT molecular complexity index is 1310. The van der Waals surface area contributed by atoms with E-state index in [1.165, 1.54) is 0 Å². The number of anilines is 1. The lowest BCUT2D eigenvalue weighted by atomic mass is 9.85. The van der Waals surface area contributed by atoms with Crippen LogP contribution >= 0.6 is 0 Å². The number of hydrogen-bond donors (Lipinski definition) is 1. The second kappa shape index (κ2) is 9.47. The third kappa shape index (κ3) is 4.18. The van der Waals surface area contributed by atoms with E-state index in [0.717, 1.165) is 16.6 Å². The average Bonchev–Trinajstić information content (AvgIpc) is 3.52. The third-order valence-corrected chi connectivity index (χ3v) is 7.69. The molecule has 11 heteroatoms. The van der Waals surface area contributed by atoms with Crippen LogP contribution in [0.2, 0.25) is 0 Å². The molecule has 192 valence electrons. The van der Waals surface area contributed by atoms with Gasteiger partial charge >= 0.3 is 0 Å². The molecule has 3 aliphatic heterocycles. The highest BCUT2D eigenvalue weighted by Crippen LogP contribution is 2.39. The molecule has 3 amide bonds. The number of morpholine rings is 1. The Labute approximate surface area is 214 Å². The van der Waals surface area contributed by atoms with Crippen LogP contribution in [0.15, 0.2) is 48.8 Å². The van der Waals surface area contributed by atoms with Crippen molar-refractivity contribution >= 4 is 34.3 Å². The van der Waals surface area contributed by atoms with Gasteiger partial charge < -0.3 is 24.3 Å². The molecule has 0 atom stereocenters. The summed E-state index contributed by atoms with van der Waals surface area (Å²) in [5, 5.41) is 7.67. The standard InChI is InChI=1S/C26H29N7O4/c34-23(30-10-12-37-13-11-30)17-32-18-33(20-4-2-1-3-5-20)26(25(32)36)6-8-31(9-7-26)24(35)21-14-19-15-28-29-22(19)16-27-21/h1-5,14-16H,6-13,17-18H2,(H,28,29). The van der Waals surface area contributed by atoms with E-state index in [2.05, 4.69) is 20.1 Å². The van der Waals surface area contributed by atoms with Gasteiger partial charge in [0.05, 0.1) is 37.8 Å². The molecule has 2 aromatic heterocycles. The van der Waals surface area contributed by atoms with Crippen molar-refractivity contribution in [1.82, 2.24) is 29.9 Å². The number of fused-ring (bicyclic) bond motifs is 1. The molecule has 5 heterocycles. The van der Waals surface area contributed by atoms with Crippen LogP contribution in [0.25, 0.3) is 10.9 Å². The highest BCUT2D eigenvalue weighted by atomic mass is 16.5. The second-order valence-electron chi connectivity index (χ2n) is 9.75. The van der Waals surface area contributed by atoms with Gasteiger partial charge in [-0.1, -0.05) is 18.2 Å². The van der Waals surface area contributed by atoms with Gasteiger partial charge in [-0.05, 0) is 31.0 Å². The summed E-state index contributed by atoms with van der Waals surface area (Å²) in [6.45, 7) is 3.35. The molecule has 0 saturated carbocycles. The second-order valence-corrected chi connectivity index (χ2v) is 9.75. The van der Waals surface area contributed by atoms with E-state index in [1.807, 2.05) is 30.3 Å².